The van der Waals surface area contributed by atoms with Gasteiger partial charge in [-0.1, -0.05) is 96.6 Å². The number of carbonyl (C=O) groups is 3. The number of rotatable bonds is 16. The van der Waals surface area contributed by atoms with Gasteiger partial charge in [0.05, 0.1) is 0 Å². The molecule has 0 aliphatic carbocycles. The zero-order valence-electron chi connectivity index (χ0n) is 24.3. The van der Waals surface area contributed by atoms with Crippen molar-refractivity contribution in [3.05, 3.63) is 35.9 Å². The lowest BCUT2D eigenvalue weighted by molar-refractivity contribution is -0.143. The number of hydrogen-bond donors (Lipinski definition) is 2. The second kappa shape index (κ2) is 17.0. The number of alkyl carbamates (subject to hydrolysis) is 1. The standard InChI is InChI=1S/C30H51N3O4/c1-8-11-13-18-22-33(28(35)25(23(4)10-3)32-29(36)37-30(5,6)7)26(24-19-15-14-16-20-24)27(34)31-21-17-12-9-2/h14-16,19-20,23,25-26H,8-13,17-18,21-22H2,1-7H3,(H,31,34)(H,32,36). The van der Waals surface area contributed by atoms with Crippen molar-refractivity contribution in [2.24, 2.45) is 5.92 Å². The van der Waals surface area contributed by atoms with E-state index in [2.05, 4.69) is 24.5 Å². The van der Waals surface area contributed by atoms with Gasteiger partial charge in [-0.2, -0.15) is 0 Å². The van der Waals surface area contributed by atoms with Crippen molar-refractivity contribution in [2.75, 3.05) is 13.1 Å². The molecule has 3 amide bonds. The van der Waals surface area contributed by atoms with Gasteiger partial charge in [-0.25, -0.2) is 4.79 Å². The number of hydrogen-bond acceptors (Lipinski definition) is 4. The SMILES string of the molecule is CCCCCCN(C(=O)C(NC(=O)OC(C)(C)C)C(C)CC)C(C(=O)NCCCCC)c1ccccc1. The predicted octanol–water partition coefficient (Wildman–Crippen LogP) is 6.38. The molecule has 2 N–H and O–H groups in total. The van der Waals surface area contributed by atoms with Gasteiger partial charge < -0.3 is 20.3 Å². The maximum Gasteiger partial charge on any atom is 0.408 e. The highest BCUT2D eigenvalue weighted by molar-refractivity contribution is 5.92. The number of amides is 3. The molecule has 1 rings (SSSR count). The van der Waals surface area contributed by atoms with Crippen molar-refractivity contribution in [3.63, 3.8) is 0 Å². The van der Waals surface area contributed by atoms with Crippen molar-refractivity contribution in [3.8, 4) is 0 Å². The molecule has 1 aromatic rings. The summed E-state index contributed by atoms with van der Waals surface area (Å²) in [7, 11) is 0. The van der Waals surface area contributed by atoms with Crippen LogP contribution in [0, 0.1) is 5.92 Å². The van der Waals surface area contributed by atoms with Crippen LogP contribution >= 0.6 is 0 Å². The molecule has 0 fully saturated rings. The molecule has 210 valence electrons. The predicted molar refractivity (Wildman–Crippen MR) is 150 cm³/mol. The van der Waals surface area contributed by atoms with Crippen molar-refractivity contribution < 1.29 is 19.1 Å². The molecule has 0 spiro atoms. The molecule has 3 unspecified atom stereocenters. The fourth-order valence-electron chi connectivity index (χ4n) is 4.16. The lowest BCUT2D eigenvalue weighted by Gasteiger charge is -2.36. The van der Waals surface area contributed by atoms with E-state index in [1.807, 2.05) is 44.2 Å². The fourth-order valence-corrected chi connectivity index (χ4v) is 4.16. The van der Waals surface area contributed by atoms with Crippen molar-refractivity contribution in [2.45, 2.75) is 118 Å². The van der Waals surface area contributed by atoms with E-state index in [1.165, 1.54) is 0 Å². The van der Waals surface area contributed by atoms with Crippen LogP contribution in [0.3, 0.4) is 0 Å². The first-order chi connectivity index (χ1) is 17.6. The summed E-state index contributed by atoms with van der Waals surface area (Å²) in [6, 6.07) is 7.88. The Hall–Kier alpha value is -2.57. The van der Waals surface area contributed by atoms with E-state index in [1.54, 1.807) is 25.7 Å². The Morgan fingerprint density at radius 1 is 0.919 bits per heavy atom. The molecule has 1 aromatic carbocycles. The molecule has 0 bridgehead atoms. The molecule has 0 heterocycles. The lowest BCUT2D eigenvalue weighted by Crippen LogP contribution is -2.55. The summed E-state index contributed by atoms with van der Waals surface area (Å²) in [5.41, 5.74) is 0.0808. The number of ether oxygens (including phenoxy) is 1. The zero-order chi connectivity index (χ0) is 27.8. The topological polar surface area (TPSA) is 87.7 Å². The summed E-state index contributed by atoms with van der Waals surface area (Å²) in [5, 5.41) is 5.89. The van der Waals surface area contributed by atoms with Gasteiger partial charge in [0, 0.05) is 13.1 Å². The van der Waals surface area contributed by atoms with E-state index in [9.17, 15) is 14.4 Å². The summed E-state index contributed by atoms with van der Waals surface area (Å²) in [4.78, 5) is 42.2. The minimum atomic E-state index is -0.801. The van der Waals surface area contributed by atoms with Gasteiger partial charge in [-0.15, -0.1) is 0 Å². The van der Waals surface area contributed by atoms with Crippen molar-refractivity contribution >= 4 is 17.9 Å². The zero-order valence-corrected chi connectivity index (χ0v) is 24.3. The molecule has 0 aliphatic heterocycles. The van der Waals surface area contributed by atoms with Crippen LogP contribution in [0.15, 0.2) is 30.3 Å². The van der Waals surface area contributed by atoms with E-state index < -0.39 is 23.8 Å². The van der Waals surface area contributed by atoms with E-state index in [0.717, 1.165) is 50.5 Å². The van der Waals surface area contributed by atoms with Crippen LogP contribution < -0.4 is 10.6 Å². The molecule has 0 saturated carbocycles. The van der Waals surface area contributed by atoms with Gasteiger partial charge in [-0.05, 0) is 45.1 Å². The molecular formula is C30H51N3O4. The fraction of sp³-hybridized carbons (Fsp3) is 0.700. The van der Waals surface area contributed by atoms with Gasteiger partial charge in [0.1, 0.15) is 17.7 Å². The highest BCUT2D eigenvalue weighted by Crippen LogP contribution is 2.25. The Morgan fingerprint density at radius 3 is 2.11 bits per heavy atom. The molecule has 0 saturated heterocycles. The smallest absolute Gasteiger partial charge is 0.408 e. The van der Waals surface area contributed by atoms with Crippen LogP contribution in [-0.2, 0) is 14.3 Å². The summed E-state index contributed by atoms with van der Waals surface area (Å²) in [6.07, 6.45) is 6.93. The second-order valence-electron chi connectivity index (χ2n) is 10.9. The summed E-state index contributed by atoms with van der Waals surface area (Å²) < 4.78 is 5.47. The highest BCUT2D eigenvalue weighted by atomic mass is 16.6. The Kier molecular flexibility index (Phi) is 14.9. The third-order valence-electron chi connectivity index (χ3n) is 6.44. The molecule has 7 nitrogen and oxygen atoms in total. The first kappa shape index (κ1) is 32.5. The third kappa shape index (κ3) is 12.0. The molecule has 0 aliphatic rings. The quantitative estimate of drug-likeness (QED) is 0.249. The third-order valence-corrected chi connectivity index (χ3v) is 6.44. The molecule has 37 heavy (non-hydrogen) atoms. The van der Waals surface area contributed by atoms with E-state index in [0.29, 0.717) is 19.5 Å². The number of benzene rings is 1. The Morgan fingerprint density at radius 2 is 1.54 bits per heavy atom. The van der Waals surface area contributed by atoms with Crippen LogP contribution in [0.4, 0.5) is 4.79 Å². The monoisotopic (exact) mass is 517 g/mol. The largest absolute Gasteiger partial charge is 0.444 e. The van der Waals surface area contributed by atoms with Crippen molar-refractivity contribution in [1.29, 1.82) is 0 Å². The van der Waals surface area contributed by atoms with Gasteiger partial charge in [0.25, 0.3) is 0 Å². The lowest BCUT2D eigenvalue weighted by atomic mass is 9.95. The number of carbonyl (C=O) groups excluding carboxylic acids is 3. The normalized spacial score (nSPS) is 13.8. The van der Waals surface area contributed by atoms with Gasteiger partial charge >= 0.3 is 6.09 Å². The van der Waals surface area contributed by atoms with E-state index in [-0.39, 0.29) is 17.7 Å². The first-order valence-corrected chi connectivity index (χ1v) is 14.2. The Labute approximate surface area is 225 Å². The number of nitrogens with one attached hydrogen (secondary N) is 2. The highest BCUT2D eigenvalue weighted by Gasteiger charge is 2.37. The van der Waals surface area contributed by atoms with Gasteiger partial charge in [-0.3, -0.25) is 9.59 Å². The number of nitrogens with zero attached hydrogens (tertiary/aromatic N) is 1. The van der Waals surface area contributed by atoms with Crippen LogP contribution in [0.2, 0.25) is 0 Å². The molecule has 0 radical (unpaired) electrons. The molecule has 7 heteroatoms. The minimum Gasteiger partial charge on any atom is -0.444 e. The summed E-state index contributed by atoms with van der Waals surface area (Å²) >= 11 is 0. The maximum atomic E-state index is 14.2. The van der Waals surface area contributed by atoms with Crippen molar-refractivity contribution in [1.82, 2.24) is 15.5 Å². The molecular weight excluding hydrogens is 466 g/mol. The summed E-state index contributed by atoms with van der Waals surface area (Å²) in [5.74, 6) is -0.581. The average Bonchev–Trinajstić information content (AvgIpc) is 2.85. The average molecular weight is 518 g/mol. The van der Waals surface area contributed by atoms with Gasteiger partial charge in [0.15, 0.2) is 0 Å². The van der Waals surface area contributed by atoms with Crippen LogP contribution in [0.1, 0.15) is 111 Å². The van der Waals surface area contributed by atoms with Crippen LogP contribution in [-0.4, -0.2) is 47.5 Å². The Bertz CT molecular complexity index is 807. The van der Waals surface area contributed by atoms with Crippen LogP contribution in [0.25, 0.3) is 0 Å². The maximum absolute atomic E-state index is 14.2. The minimum absolute atomic E-state index is 0.137. The van der Waals surface area contributed by atoms with E-state index >= 15 is 0 Å². The van der Waals surface area contributed by atoms with Gasteiger partial charge in [0.2, 0.25) is 11.8 Å². The number of unbranched alkanes of at least 4 members (excludes halogenated alkanes) is 5. The van der Waals surface area contributed by atoms with Crippen LogP contribution in [0.5, 0.6) is 0 Å². The molecule has 0 aromatic heterocycles. The molecule has 3 atom stereocenters. The first-order valence-electron chi connectivity index (χ1n) is 14.2. The Balaban J connectivity index is 3.37. The van der Waals surface area contributed by atoms with E-state index in [4.69, 9.17) is 4.74 Å². The second-order valence-corrected chi connectivity index (χ2v) is 10.9. The summed E-state index contributed by atoms with van der Waals surface area (Å²) in [6.45, 7) is 14.6.